The van der Waals surface area contributed by atoms with E-state index in [1.807, 2.05) is 17.2 Å². The Morgan fingerprint density at radius 3 is 2.82 bits per heavy atom. The highest BCUT2D eigenvalue weighted by Gasteiger charge is 2.54. The second-order valence-corrected chi connectivity index (χ2v) is 11.5. The number of fused-ring (bicyclic) bond motifs is 2. The Hall–Kier alpha value is -3.83. The van der Waals surface area contributed by atoms with E-state index in [1.165, 1.54) is 47.8 Å². The number of nitrogen functional groups attached to an aromatic ring is 1. The van der Waals surface area contributed by atoms with E-state index in [4.69, 9.17) is 10.6 Å². The van der Waals surface area contributed by atoms with E-state index in [9.17, 15) is 24.3 Å². The Morgan fingerprint density at radius 2 is 2.15 bits per heavy atom. The van der Waals surface area contributed by atoms with Gasteiger partial charge in [-0.1, -0.05) is 16.9 Å². The lowest BCUT2D eigenvalue weighted by Crippen LogP contribution is -2.71. The standard InChI is InChI=1S/C22H22N8O6S3/c1-9(31)24-22-26-11-4-3-5-29(18(11)39-22)6-10-7-37-19-14(17(33)30(19)15(10)20(34)35)27-16(32)13(28-36-2)12-8-38-21(23)25-12/h3-5,8,14,18-19H,6-7H2,1-2H3,(H2,23,25)(H,27,32)(H,34,35)(H,24,26,31)/b28-13-/t14?,18?,19-/m1/s1. The molecule has 2 unspecified atom stereocenters. The van der Waals surface area contributed by atoms with Gasteiger partial charge in [-0.2, -0.15) is 0 Å². The largest absolute Gasteiger partial charge is 0.477 e. The van der Waals surface area contributed by atoms with Gasteiger partial charge in [0.25, 0.3) is 11.8 Å². The van der Waals surface area contributed by atoms with Gasteiger partial charge in [-0.15, -0.1) is 23.1 Å². The summed E-state index contributed by atoms with van der Waals surface area (Å²) in [7, 11) is 1.27. The van der Waals surface area contributed by atoms with Crippen molar-refractivity contribution in [2.75, 3.05) is 25.1 Å². The summed E-state index contributed by atoms with van der Waals surface area (Å²) in [6.07, 6.45) is 5.44. The lowest BCUT2D eigenvalue weighted by molar-refractivity contribution is -0.150. The number of hydrogen-bond acceptors (Lipinski definition) is 13. The minimum atomic E-state index is -1.24. The van der Waals surface area contributed by atoms with Gasteiger partial charge in [0.05, 0.1) is 5.70 Å². The normalized spacial score (nSPS) is 23.9. The number of hydrogen-bond donors (Lipinski definition) is 4. The lowest BCUT2D eigenvalue weighted by Gasteiger charge is -2.49. The van der Waals surface area contributed by atoms with Gasteiger partial charge in [-0.25, -0.2) is 14.8 Å². The minimum Gasteiger partial charge on any atom is -0.477 e. The maximum absolute atomic E-state index is 13.1. The number of aliphatic carboxylic acids is 1. The fourth-order valence-corrected chi connectivity index (χ4v) is 7.31. The van der Waals surface area contributed by atoms with Gasteiger partial charge >= 0.3 is 5.97 Å². The number of oxime groups is 1. The second-order valence-electron chi connectivity index (χ2n) is 8.49. The lowest BCUT2D eigenvalue weighted by atomic mass is 10.0. The van der Waals surface area contributed by atoms with Gasteiger partial charge in [0.15, 0.2) is 16.0 Å². The number of carbonyl (C=O) groups excluding carboxylic acids is 3. The number of aromatic nitrogens is 1. The Bertz CT molecular complexity index is 1420. The molecule has 1 saturated heterocycles. The summed E-state index contributed by atoms with van der Waals surface area (Å²) >= 11 is 3.81. The third-order valence-electron chi connectivity index (χ3n) is 5.91. The first-order chi connectivity index (χ1) is 18.7. The van der Waals surface area contributed by atoms with Gasteiger partial charge in [0.1, 0.15) is 35.3 Å². The van der Waals surface area contributed by atoms with Crippen LogP contribution in [0.15, 0.2) is 50.8 Å². The van der Waals surface area contributed by atoms with Crippen LogP contribution in [-0.4, -0.2) is 90.7 Å². The highest BCUT2D eigenvalue weighted by atomic mass is 32.2. The number of nitrogens with two attached hydrogens (primary N) is 1. The van der Waals surface area contributed by atoms with Crippen LogP contribution >= 0.6 is 34.9 Å². The van der Waals surface area contributed by atoms with Crippen molar-refractivity contribution in [3.63, 3.8) is 0 Å². The van der Waals surface area contributed by atoms with E-state index in [-0.39, 0.29) is 40.1 Å². The fraction of sp³-hybridized carbons (Fsp3) is 0.318. The maximum atomic E-state index is 13.1. The molecule has 4 aliphatic rings. The molecule has 1 aromatic heterocycles. The summed E-state index contributed by atoms with van der Waals surface area (Å²) in [6.45, 7) is 1.63. The SMILES string of the molecule is CO/N=C(\C(=O)NC1C(=O)N2C(C(=O)O)=C(CN3C=CC=C4N=C(NC(C)=O)SC43)CS[C@H]12)c1csc(N)n1. The Labute approximate surface area is 234 Å². The summed E-state index contributed by atoms with van der Waals surface area (Å²) in [5.74, 6) is -2.40. The number of nitrogens with zero attached hydrogens (tertiary/aromatic N) is 5. The number of aliphatic imine (C=N–C) groups is 1. The first-order valence-electron chi connectivity index (χ1n) is 11.4. The molecule has 0 saturated carbocycles. The van der Waals surface area contributed by atoms with Crippen molar-refractivity contribution in [3.05, 3.63) is 46.4 Å². The molecule has 0 radical (unpaired) electrons. The zero-order chi connectivity index (χ0) is 27.8. The van der Waals surface area contributed by atoms with Crippen molar-refractivity contribution < 1.29 is 29.1 Å². The van der Waals surface area contributed by atoms with Crippen LogP contribution in [0.1, 0.15) is 12.6 Å². The van der Waals surface area contributed by atoms with Gasteiger partial charge in [-0.05, 0) is 17.7 Å². The fourth-order valence-electron chi connectivity index (χ4n) is 4.32. The van der Waals surface area contributed by atoms with Crippen molar-refractivity contribution >= 4 is 74.6 Å². The zero-order valence-corrected chi connectivity index (χ0v) is 22.9. The number of carboxylic acids is 1. The van der Waals surface area contributed by atoms with E-state index in [2.05, 4.69) is 25.8 Å². The van der Waals surface area contributed by atoms with Crippen molar-refractivity contribution in [2.45, 2.75) is 23.7 Å². The molecule has 1 fully saturated rings. The number of allylic oxidation sites excluding steroid dienone is 2. The van der Waals surface area contributed by atoms with Crippen LogP contribution in [0.3, 0.4) is 0 Å². The topological polar surface area (TPSA) is 192 Å². The number of anilines is 1. The van der Waals surface area contributed by atoms with E-state index in [1.54, 1.807) is 6.08 Å². The average molecular weight is 591 g/mol. The van der Waals surface area contributed by atoms with E-state index in [0.29, 0.717) is 16.5 Å². The molecule has 5 heterocycles. The summed E-state index contributed by atoms with van der Waals surface area (Å²) in [6, 6.07) is -0.958. The number of carboxylic acid groups (broad SMARTS) is 1. The van der Waals surface area contributed by atoms with Gasteiger partial charge in [-0.3, -0.25) is 19.3 Å². The molecule has 204 valence electrons. The van der Waals surface area contributed by atoms with Crippen molar-refractivity contribution in [2.24, 2.45) is 10.1 Å². The van der Waals surface area contributed by atoms with Crippen LogP contribution in [0.5, 0.6) is 0 Å². The number of β-lactam (4-membered cyclic amide) rings is 1. The van der Waals surface area contributed by atoms with Gasteiger partial charge in [0.2, 0.25) is 5.91 Å². The Balaban J connectivity index is 1.31. The molecule has 1 aromatic rings. The summed E-state index contributed by atoms with van der Waals surface area (Å²) in [5.41, 5.74) is 6.87. The molecular weight excluding hydrogens is 568 g/mol. The van der Waals surface area contributed by atoms with E-state index < -0.39 is 29.2 Å². The zero-order valence-electron chi connectivity index (χ0n) is 20.5. The number of rotatable bonds is 7. The van der Waals surface area contributed by atoms with Crippen molar-refractivity contribution in [3.8, 4) is 0 Å². The van der Waals surface area contributed by atoms with Crippen LogP contribution in [0, 0.1) is 0 Å². The Morgan fingerprint density at radius 1 is 1.36 bits per heavy atom. The predicted molar refractivity (Wildman–Crippen MR) is 146 cm³/mol. The smallest absolute Gasteiger partial charge is 0.352 e. The third kappa shape index (κ3) is 5.11. The number of thiazole rings is 1. The van der Waals surface area contributed by atoms with Crippen LogP contribution < -0.4 is 16.4 Å². The number of amidine groups is 1. The summed E-state index contributed by atoms with van der Waals surface area (Å²) in [4.78, 5) is 66.2. The maximum Gasteiger partial charge on any atom is 0.352 e. The average Bonchev–Trinajstić information content (AvgIpc) is 3.50. The predicted octanol–water partition coefficient (Wildman–Crippen LogP) is 0.0926. The van der Waals surface area contributed by atoms with Gasteiger partial charge in [0, 0.05) is 30.8 Å². The van der Waals surface area contributed by atoms with Crippen molar-refractivity contribution in [1.82, 2.24) is 25.4 Å². The number of amides is 3. The summed E-state index contributed by atoms with van der Waals surface area (Å²) in [5, 5.41) is 20.5. The molecule has 39 heavy (non-hydrogen) atoms. The molecule has 3 atom stereocenters. The third-order valence-corrected chi connectivity index (χ3v) is 9.07. The van der Waals surface area contributed by atoms with Crippen LogP contribution in [-0.2, 0) is 24.0 Å². The highest BCUT2D eigenvalue weighted by Crippen LogP contribution is 2.42. The molecule has 5 rings (SSSR count). The molecule has 3 amide bonds. The Kier molecular flexibility index (Phi) is 7.37. The van der Waals surface area contributed by atoms with Crippen LogP contribution in [0.25, 0.3) is 0 Å². The quantitative estimate of drug-likeness (QED) is 0.191. The molecule has 5 N–H and O–H groups in total. The van der Waals surface area contributed by atoms with E-state index in [0.717, 1.165) is 17.0 Å². The van der Waals surface area contributed by atoms with E-state index >= 15 is 0 Å². The molecule has 17 heteroatoms. The molecule has 0 spiro atoms. The molecule has 14 nitrogen and oxygen atoms in total. The second kappa shape index (κ2) is 10.7. The molecule has 4 aliphatic heterocycles. The van der Waals surface area contributed by atoms with Gasteiger partial charge < -0.3 is 31.2 Å². The van der Waals surface area contributed by atoms with Crippen molar-refractivity contribution in [1.29, 1.82) is 0 Å². The number of carbonyl (C=O) groups is 4. The molecule has 0 aliphatic carbocycles. The first kappa shape index (κ1) is 26.8. The monoisotopic (exact) mass is 590 g/mol. The first-order valence-corrected chi connectivity index (χ1v) is 14.2. The number of nitrogens with one attached hydrogen (secondary N) is 2. The minimum absolute atomic E-state index is 0.109. The van der Waals surface area contributed by atoms with Crippen LogP contribution in [0.2, 0.25) is 0 Å². The molecule has 0 bridgehead atoms. The summed E-state index contributed by atoms with van der Waals surface area (Å²) < 4.78 is 0. The number of thioether (sulfide) groups is 2. The molecule has 0 aromatic carbocycles. The van der Waals surface area contributed by atoms with Crippen LogP contribution in [0.4, 0.5) is 5.13 Å². The molecular formula is C22H22N8O6S3. The highest BCUT2D eigenvalue weighted by molar-refractivity contribution is 8.14.